The number of rotatable bonds is 3. The highest BCUT2D eigenvalue weighted by Crippen LogP contribution is 2.32. The van der Waals surface area contributed by atoms with Crippen LogP contribution in [-0.4, -0.2) is 16.1 Å². The molecule has 0 bridgehead atoms. The zero-order valence-corrected chi connectivity index (χ0v) is 11.2. The van der Waals surface area contributed by atoms with Crippen LogP contribution < -0.4 is 0 Å². The minimum Gasteiger partial charge on any atom is -0.478 e. The number of thiazole rings is 1. The Bertz CT molecular complexity index is 568. The second kappa shape index (κ2) is 5.08. The van der Waals surface area contributed by atoms with E-state index in [1.807, 2.05) is 6.07 Å². The van der Waals surface area contributed by atoms with Crippen LogP contribution >= 0.6 is 34.7 Å². The van der Waals surface area contributed by atoms with E-state index < -0.39 is 5.97 Å². The summed E-state index contributed by atoms with van der Waals surface area (Å²) in [5.74, 6) is -0.915. The number of halogens is 1. The summed E-state index contributed by atoms with van der Waals surface area (Å²) in [6.45, 7) is 1.78. The molecule has 0 saturated carbocycles. The number of nitrogens with zero attached hydrogens (tertiary/aromatic N) is 1. The summed E-state index contributed by atoms with van der Waals surface area (Å²) >= 11 is 8.57. The molecule has 1 N–H and O–H groups in total. The molecule has 1 aromatic carbocycles. The van der Waals surface area contributed by atoms with E-state index in [2.05, 4.69) is 4.98 Å². The van der Waals surface area contributed by atoms with Crippen LogP contribution in [0.4, 0.5) is 0 Å². The van der Waals surface area contributed by atoms with Crippen molar-refractivity contribution in [2.24, 2.45) is 0 Å². The van der Waals surface area contributed by atoms with Crippen LogP contribution in [0, 0.1) is 6.92 Å². The fraction of sp³-hybridized carbons (Fsp3) is 0.0909. The average molecular weight is 286 g/mol. The summed E-state index contributed by atoms with van der Waals surface area (Å²) in [7, 11) is 0. The Morgan fingerprint density at radius 2 is 2.29 bits per heavy atom. The van der Waals surface area contributed by atoms with E-state index in [9.17, 15) is 4.79 Å². The normalized spacial score (nSPS) is 10.5. The van der Waals surface area contributed by atoms with Gasteiger partial charge in [-0.3, -0.25) is 0 Å². The van der Waals surface area contributed by atoms with Crippen LogP contribution in [0.1, 0.15) is 15.9 Å². The predicted octanol–water partition coefficient (Wildman–Crippen LogP) is 3.95. The third-order valence-corrected chi connectivity index (χ3v) is 4.35. The Morgan fingerprint density at radius 1 is 1.53 bits per heavy atom. The highest BCUT2D eigenvalue weighted by Gasteiger charge is 2.09. The number of carbonyl (C=O) groups is 1. The molecule has 0 spiro atoms. The molecule has 0 unspecified atom stereocenters. The van der Waals surface area contributed by atoms with Gasteiger partial charge in [-0.1, -0.05) is 29.4 Å². The number of aromatic nitrogens is 1. The molecule has 17 heavy (non-hydrogen) atoms. The SMILES string of the molecule is Cc1ccc(Sc2nc(Cl)cs2)cc1C(=O)O. The third kappa shape index (κ3) is 3.00. The molecular weight excluding hydrogens is 278 g/mol. The molecule has 0 amide bonds. The van der Waals surface area contributed by atoms with Crippen LogP contribution in [0.25, 0.3) is 0 Å². The Morgan fingerprint density at radius 3 is 2.88 bits per heavy atom. The van der Waals surface area contributed by atoms with E-state index >= 15 is 0 Å². The molecule has 0 aliphatic heterocycles. The molecule has 0 atom stereocenters. The lowest BCUT2D eigenvalue weighted by Crippen LogP contribution is -1.99. The van der Waals surface area contributed by atoms with Gasteiger partial charge in [0, 0.05) is 10.3 Å². The summed E-state index contributed by atoms with van der Waals surface area (Å²) in [6.07, 6.45) is 0. The molecule has 0 saturated heterocycles. The zero-order valence-electron chi connectivity index (χ0n) is 8.81. The molecule has 6 heteroatoms. The van der Waals surface area contributed by atoms with E-state index in [-0.39, 0.29) is 0 Å². The predicted molar refractivity (Wildman–Crippen MR) is 69.4 cm³/mol. The van der Waals surface area contributed by atoms with Crippen molar-refractivity contribution in [3.05, 3.63) is 39.9 Å². The first kappa shape index (κ1) is 12.4. The first-order valence-corrected chi connectivity index (χ1v) is 6.76. The molecule has 0 aliphatic rings. The number of hydrogen-bond acceptors (Lipinski definition) is 4. The average Bonchev–Trinajstić information content (AvgIpc) is 2.66. The van der Waals surface area contributed by atoms with Crippen LogP contribution in [0.3, 0.4) is 0 Å². The number of carboxylic acid groups (broad SMARTS) is 1. The summed E-state index contributed by atoms with van der Waals surface area (Å²) < 4.78 is 0.801. The lowest BCUT2D eigenvalue weighted by molar-refractivity contribution is 0.0696. The van der Waals surface area contributed by atoms with Crippen molar-refractivity contribution in [1.82, 2.24) is 4.98 Å². The fourth-order valence-corrected chi connectivity index (χ4v) is 3.29. The van der Waals surface area contributed by atoms with Crippen LogP contribution in [0.5, 0.6) is 0 Å². The van der Waals surface area contributed by atoms with Gasteiger partial charge < -0.3 is 5.11 Å². The molecule has 1 aromatic heterocycles. The Kier molecular flexibility index (Phi) is 3.71. The van der Waals surface area contributed by atoms with Gasteiger partial charge >= 0.3 is 5.97 Å². The summed E-state index contributed by atoms with van der Waals surface area (Å²) in [6, 6.07) is 5.32. The van der Waals surface area contributed by atoms with E-state index in [0.717, 1.165) is 14.8 Å². The van der Waals surface area contributed by atoms with Crippen molar-refractivity contribution >= 4 is 40.7 Å². The van der Waals surface area contributed by atoms with Crippen LogP contribution in [-0.2, 0) is 0 Å². The van der Waals surface area contributed by atoms with Gasteiger partial charge in [0.2, 0.25) is 0 Å². The second-order valence-electron chi connectivity index (χ2n) is 3.32. The van der Waals surface area contributed by atoms with Gasteiger partial charge in [-0.15, -0.1) is 11.3 Å². The molecule has 3 nitrogen and oxygen atoms in total. The molecule has 1 heterocycles. The topological polar surface area (TPSA) is 50.2 Å². The number of aromatic carboxylic acids is 1. The smallest absolute Gasteiger partial charge is 0.335 e. The van der Waals surface area contributed by atoms with Crippen molar-refractivity contribution < 1.29 is 9.90 Å². The van der Waals surface area contributed by atoms with E-state index in [4.69, 9.17) is 16.7 Å². The maximum atomic E-state index is 11.0. The van der Waals surface area contributed by atoms with Crippen LogP contribution in [0.2, 0.25) is 5.15 Å². The number of carboxylic acids is 1. The molecule has 2 aromatic rings. The van der Waals surface area contributed by atoms with Crippen molar-refractivity contribution in [2.75, 3.05) is 0 Å². The zero-order chi connectivity index (χ0) is 12.4. The fourth-order valence-electron chi connectivity index (χ4n) is 1.28. The second-order valence-corrected chi connectivity index (χ2v) is 5.89. The first-order valence-electron chi connectivity index (χ1n) is 4.69. The minimum absolute atomic E-state index is 0.317. The maximum absolute atomic E-state index is 11.0. The Labute approximate surface area is 111 Å². The summed E-state index contributed by atoms with van der Waals surface area (Å²) in [5.41, 5.74) is 1.07. The van der Waals surface area contributed by atoms with Crippen LogP contribution in [0.15, 0.2) is 32.8 Å². The summed E-state index contributed by atoms with van der Waals surface area (Å²) in [4.78, 5) is 15.9. The molecule has 0 radical (unpaired) electrons. The van der Waals surface area contributed by atoms with Crippen molar-refractivity contribution in [3.8, 4) is 0 Å². The number of aryl methyl sites for hydroxylation is 1. The van der Waals surface area contributed by atoms with Gasteiger partial charge in [-0.05, 0) is 24.6 Å². The lowest BCUT2D eigenvalue weighted by atomic mass is 10.1. The van der Waals surface area contributed by atoms with Gasteiger partial charge in [0.05, 0.1) is 5.56 Å². The Balaban J connectivity index is 2.28. The van der Waals surface area contributed by atoms with E-state index in [0.29, 0.717) is 10.7 Å². The van der Waals surface area contributed by atoms with E-state index in [1.165, 1.54) is 23.1 Å². The number of benzene rings is 1. The lowest BCUT2D eigenvalue weighted by Gasteiger charge is -2.03. The van der Waals surface area contributed by atoms with Crippen molar-refractivity contribution in [2.45, 2.75) is 16.2 Å². The highest BCUT2D eigenvalue weighted by molar-refractivity contribution is 8.01. The van der Waals surface area contributed by atoms with E-state index in [1.54, 1.807) is 24.4 Å². The first-order chi connectivity index (χ1) is 8.06. The Hall–Kier alpha value is -1.04. The monoisotopic (exact) mass is 285 g/mol. The number of hydrogen-bond donors (Lipinski definition) is 1. The minimum atomic E-state index is -0.915. The molecule has 0 aliphatic carbocycles. The van der Waals surface area contributed by atoms with Crippen molar-refractivity contribution in [3.63, 3.8) is 0 Å². The summed E-state index contributed by atoms with van der Waals surface area (Å²) in [5, 5.41) is 11.2. The highest BCUT2D eigenvalue weighted by atomic mass is 35.5. The molecule has 0 fully saturated rings. The quantitative estimate of drug-likeness (QED) is 0.927. The third-order valence-electron chi connectivity index (χ3n) is 2.10. The molecular formula is C11H8ClNO2S2. The van der Waals surface area contributed by atoms with Crippen molar-refractivity contribution in [1.29, 1.82) is 0 Å². The van der Waals surface area contributed by atoms with Gasteiger partial charge in [0.15, 0.2) is 4.34 Å². The molecule has 2 rings (SSSR count). The van der Waals surface area contributed by atoms with Gasteiger partial charge in [0.1, 0.15) is 5.15 Å². The maximum Gasteiger partial charge on any atom is 0.335 e. The van der Waals surface area contributed by atoms with Gasteiger partial charge in [-0.25, -0.2) is 9.78 Å². The van der Waals surface area contributed by atoms with Gasteiger partial charge in [-0.2, -0.15) is 0 Å². The largest absolute Gasteiger partial charge is 0.478 e. The molecule has 88 valence electrons. The van der Waals surface area contributed by atoms with Gasteiger partial charge in [0.25, 0.3) is 0 Å². The standard InChI is InChI=1S/C11H8ClNO2S2/c1-6-2-3-7(4-8(6)10(14)15)17-11-13-9(12)5-16-11/h2-5H,1H3,(H,14,15).